The Labute approximate surface area is 125 Å². The lowest BCUT2D eigenvalue weighted by atomic mass is 10.0. The molecule has 0 aliphatic carbocycles. The zero-order valence-electron chi connectivity index (χ0n) is 10.8. The van der Waals surface area contributed by atoms with E-state index in [2.05, 4.69) is 20.9 Å². The van der Waals surface area contributed by atoms with Crippen LogP contribution in [0.1, 0.15) is 21.6 Å². The van der Waals surface area contributed by atoms with Crippen LogP contribution in [0.15, 0.2) is 41.0 Å². The Morgan fingerprint density at radius 1 is 1.35 bits per heavy atom. The summed E-state index contributed by atoms with van der Waals surface area (Å²) in [6, 6.07) is 9.23. The molecule has 102 valence electrons. The first-order valence-electron chi connectivity index (χ1n) is 6.41. The molecule has 3 rings (SSSR count). The fourth-order valence-electron chi connectivity index (χ4n) is 2.46. The van der Waals surface area contributed by atoms with Crippen molar-refractivity contribution in [2.45, 2.75) is 13.0 Å². The van der Waals surface area contributed by atoms with Gasteiger partial charge in [0.1, 0.15) is 0 Å². The molecule has 1 aliphatic rings. The Morgan fingerprint density at radius 2 is 2.20 bits per heavy atom. The van der Waals surface area contributed by atoms with Gasteiger partial charge >= 0.3 is 0 Å². The van der Waals surface area contributed by atoms with E-state index >= 15 is 0 Å². The highest BCUT2D eigenvalue weighted by molar-refractivity contribution is 9.10. The van der Waals surface area contributed by atoms with Crippen molar-refractivity contribution in [3.05, 3.63) is 57.8 Å². The lowest BCUT2D eigenvalue weighted by Gasteiger charge is -2.28. The van der Waals surface area contributed by atoms with Gasteiger partial charge in [-0.25, -0.2) is 0 Å². The maximum Gasteiger partial charge on any atom is 0.254 e. The minimum Gasteiger partial charge on any atom is -0.399 e. The zero-order valence-corrected chi connectivity index (χ0v) is 12.4. The third-order valence-corrected chi connectivity index (χ3v) is 3.88. The second kappa shape index (κ2) is 5.25. The van der Waals surface area contributed by atoms with Crippen molar-refractivity contribution in [1.82, 2.24) is 9.88 Å². The van der Waals surface area contributed by atoms with E-state index in [1.54, 1.807) is 24.4 Å². The van der Waals surface area contributed by atoms with Gasteiger partial charge < -0.3 is 10.6 Å². The first kappa shape index (κ1) is 13.1. The molecule has 1 amide bonds. The van der Waals surface area contributed by atoms with Gasteiger partial charge in [-0.05, 0) is 29.8 Å². The Morgan fingerprint density at radius 3 is 3.00 bits per heavy atom. The Kier molecular flexibility index (Phi) is 3.44. The number of fused-ring (bicyclic) bond motifs is 1. The molecule has 0 saturated heterocycles. The highest BCUT2D eigenvalue weighted by atomic mass is 79.9. The van der Waals surface area contributed by atoms with Crippen LogP contribution in [0.3, 0.4) is 0 Å². The van der Waals surface area contributed by atoms with Crippen molar-refractivity contribution in [2.75, 3.05) is 12.3 Å². The summed E-state index contributed by atoms with van der Waals surface area (Å²) in [5.74, 6) is 0.00695. The molecule has 0 radical (unpaired) electrons. The minimum absolute atomic E-state index is 0.00695. The number of anilines is 1. The maximum atomic E-state index is 12.5. The summed E-state index contributed by atoms with van der Waals surface area (Å²) >= 11 is 3.37. The largest absolute Gasteiger partial charge is 0.399 e. The van der Waals surface area contributed by atoms with Crippen LogP contribution in [0.2, 0.25) is 0 Å². The molecule has 0 fully saturated rings. The van der Waals surface area contributed by atoms with Crippen LogP contribution in [0.25, 0.3) is 0 Å². The normalized spacial score (nSPS) is 13.9. The predicted molar refractivity (Wildman–Crippen MR) is 81.2 cm³/mol. The van der Waals surface area contributed by atoms with Gasteiger partial charge in [0.25, 0.3) is 5.91 Å². The second-order valence-corrected chi connectivity index (χ2v) is 5.77. The molecule has 2 aromatic rings. The van der Waals surface area contributed by atoms with Crippen molar-refractivity contribution < 1.29 is 4.79 Å². The summed E-state index contributed by atoms with van der Waals surface area (Å²) in [6.07, 6.45) is 2.59. The van der Waals surface area contributed by atoms with E-state index in [0.29, 0.717) is 24.3 Å². The standard InChI is InChI=1S/C15H14BrN3O/c16-12-6-11(7-13(17)8-12)15(20)19-5-3-14-10(9-19)2-1-4-18-14/h1-2,4,6-8H,3,5,9,17H2. The molecule has 1 aliphatic heterocycles. The van der Waals surface area contributed by atoms with Gasteiger partial charge in [0, 0.05) is 47.1 Å². The van der Waals surface area contributed by atoms with Gasteiger partial charge in [0.2, 0.25) is 0 Å². The van der Waals surface area contributed by atoms with Gasteiger partial charge in [-0.1, -0.05) is 22.0 Å². The van der Waals surface area contributed by atoms with E-state index in [0.717, 1.165) is 22.2 Å². The number of carbonyl (C=O) groups excluding carboxylic acids is 1. The highest BCUT2D eigenvalue weighted by Gasteiger charge is 2.22. The average Bonchev–Trinajstić information content (AvgIpc) is 2.45. The number of carbonyl (C=O) groups is 1. The summed E-state index contributed by atoms with van der Waals surface area (Å²) in [5, 5.41) is 0. The lowest BCUT2D eigenvalue weighted by Crippen LogP contribution is -2.36. The van der Waals surface area contributed by atoms with Crippen molar-refractivity contribution in [1.29, 1.82) is 0 Å². The quantitative estimate of drug-likeness (QED) is 0.817. The Balaban J connectivity index is 1.86. The molecule has 0 unspecified atom stereocenters. The average molecular weight is 332 g/mol. The van der Waals surface area contributed by atoms with E-state index in [1.165, 1.54) is 0 Å². The van der Waals surface area contributed by atoms with E-state index < -0.39 is 0 Å². The number of nitrogens with zero attached hydrogens (tertiary/aromatic N) is 2. The SMILES string of the molecule is Nc1cc(Br)cc(C(=O)N2CCc3ncccc3C2)c1. The molecule has 5 heteroatoms. The number of amides is 1. The molecule has 4 nitrogen and oxygen atoms in total. The van der Waals surface area contributed by atoms with Gasteiger partial charge in [0.05, 0.1) is 0 Å². The van der Waals surface area contributed by atoms with Crippen molar-refractivity contribution >= 4 is 27.5 Å². The smallest absolute Gasteiger partial charge is 0.254 e. The number of pyridine rings is 1. The first-order valence-corrected chi connectivity index (χ1v) is 7.21. The number of halogens is 1. The van der Waals surface area contributed by atoms with Gasteiger partial charge in [-0.2, -0.15) is 0 Å². The monoisotopic (exact) mass is 331 g/mol. The molecule has 0 saturated carbocycles. The number of hydrogen-bond donors (Lipinski definition) is 1. The van der Waals surface area contributed by atoms with E-state index in [9.17, 15) is 4.79 Å². The number of nitrogen functional groups attached to an aromatic ring is 1. The lowest BCUT2D eigenvalue weighted by molar-refractivity contribution is 0.0733. The summed E-state index contributed by atoms with van der Waals surface area (Å²) in [4.78, 5) is 18.7. The van der Waals surface area contributed by atoms with Crippen molar-refractivity contribution in [3.63, 3.8) is 0 Å². The first-order chi connectivity index (χ1) is 9.63. The molecular weight excluding hydrogens is 318 g/mol. The summed E-state index contributed by atoms with van der Waals surface area (Å²) in [5.41, 5.74) is 9.20. The number of aromatic nitrogens is 1. The third-order valence-electron chi connectivity index (χ3n) is 3.42. The maximum absolute atomic E-state index is 12.5. The van der Waals surface area contributed by atoms with Crippen LogP contribution in [0, 0.1) is 0 Å². The summed E-state index contributed by atoms with van der Waals surface area (Å²) in [7, 11) is 0. The van der Waals surface area contributed by atoms with Gasteiger partial charge in [-0.3, -0.25) is 9.78 Å². The number of hydrogen-bond acceptors (Lipinski definition) is 3. The molecule has 0 bridgehead atoms. The highest BCUT2D eigenvalue weighted by Crippen LogP contribution is 2.22. The van der Waals surface area contributed by atoms with E-state index in [1.807, 2.05) is 17.0 Å². The molecule has 1 aromatic heterocycles. The fraction of sp³-hybridized carbons (Fsp3) is 0.200. The molecule has 1 aromatic carbocycles. The molecule has 2 N–H and O–H groups in total. The van der Waals surface area contributed by atoms with Crippen molar-refractivity contribution in [3.8, 4) is 0 Å². The molecular formula is C15H14BrN3O. The Hall–Kier alpha value is -1.88. The number of rotatable bonds is 1. The molecule has 0 atom stereocenters. The third kappa shape index (κ3) is 2.54. The molecule has 0 spiro atoms. The van der Waals surface area contributed by atoms with Crippen LogP contribution < -0.4 is 5.73 Å². The van der Waals surface area contributed by atoms with Crippen LogP contribution in [0.4, 0.5) is 5.69 Å². The predicted octanol–water partition coefficient (Wildman–Crippen LogP) is 2.62. The van der Waals surface area contributed by atoms with Gasteiger partial charge in [-0.15, -0.1) is 0 Å². The van der Waals surface area contributed by atoms with Crippen LogP contribution in [0.5, 0.6) is 0 Å². The zero-order chi connectivity index (χ0) is 14.1. The minimum atomic E-state index is 0.00695. The van der Waals surface area contributed by atoms with Crippen LogP contribution in [-0.2, 0) is 13.0 Å². The summed E-state index contributed by atoms with van der Waals surface area (Å²) in [6.45, 7) is 1.30. The number of nitrogens with two attached hydrogens (primary N) is 1. The molecule has 2 heterocycles. The topological polar surface area (TPSA) is 59.2 Å². The van der Waals surface area contributed by atoms with Crippen LogP contribution >= 0.6 is 15.9 Å². The second-order valence-electron chi connectivity index (χ2n) is 4.86. The fourth-order valence-corrected chi connectivity index (χ4v) is 2.97. The van der Waals surface area contributed by atoms with E-state index in [4.69, 9.17) is 5.73 Å². The number of benzene rings is 1. The summed E-state index contributed by atoms with van der Waals surface area (Å²) < 4.78 is 0.819. The van der Waals surface area contributed by atoms with E-state index in [-0.39, 0.29) is 5.91 Å². The Bertz CT molecular complexity index is 652. The van der Waals surface area contributed by atoms with Crippen molar-refractivity contribution in [2.24, 2.45) is 0 Å². The molecule has 20 heavy (non-hydrogen) atoms. The van der Waals surface area contributed by atoms with Gasteiger partial charge in [0.15, 0.2) is 0 Å². The van der Waals surface area contributed by atoms with Crippen LogP contribution in [-0.4, -0.2) is 22.3 Å².